The van der Waals surface area contributed by atoms with Crippen LogP contribution in [0.25, 0.3) is 11.0 Å². The number of amides is 1. The van der Waals surface area contributed by atoms with E-state index in [2.05, 4.69) is 44.0 Å². The largest absolute Gasteiger partial charge is 0.492 e. The van der Waals surface area contributed by atoms with Gasteiger partial charge < -0.3 is 14.6 Å². The summed E-state index contributed by atoms with van der Waals surface area (Å²) in [6.45, 7) is 2.22. The van der Waals surface area contributed by atoms with E-state index in [1.165, 1.54) is 5.52 Å². The number of benzene rings is 3. The number of hydrogen-bond acceptors (Lipinski definition) is 3. The van der Waals surface area contributed by atoms with Crippen LogP contribution in [0.3, 0.4) is 0 Å². The van der Waals surface area contributed by atoms with E-state index in [-0.39, 0.29) is 5.91 Å². The second kappa shape index (κ2) is 13.5. The molecule has 0 saturated carbocycles. The van der Waals surface area contributed by atoms with Crippen molar-refractivity contribution in [1.82, 2.24) is 14.9 Å². The highest BCUT2D eigenvalue weighted by atomic mass is 79.9. The predicted octanol–water partition coefficient (Wildman–Crippen LogP) is 7.45. The van der Waals surface area contributed by atoms with Crippen LogP contribution in [0.1, 0.15) is 48.3 Å². The van der Waals surface area contributed by atoms with Gasteiger partial charge >= 0.3 is 0 Å². The summed E-state index contributed by atoms with van der Waals surface area (Å²) in [4.78, 5) is 17.1. The number of carbonyl (C=O) groups excluding carboxylic acids is 1. The van der Waals surface area contributed by atoms with Crippen molar-refractivity contribution in [1.29, 1.82) is 0 Å². The van der Waals surface area contributed by atoms with E-state index in [1.54, 1.807) is 0 Å². The van der Waals surface area contributed by atoms with Crippen molar-refractivity contribution in [3.63, 3.8) is 0 Å². The van der Waals surface area contributed by atoms with Crippen molar-refractivity contribution in [2.45, 2.75) is 45.1 Å². The fourth-order valence-electron chi connectivity index (χ4n) is 4.17. The minimum atomic E-state index is -0.0252. The number of aryl methyl sites for hydroxylation is 2. The molecule has 1 N–H and O–H groups in total. The number of imidazole rings is 1. The standard InChI is InChI=1S/C29H31BrClN3O2/c30-23-17-15-22(16-18-23)29(35)32-19-7-1-2-14-28-33-25-11-4-5-12-26(25)34(28)20-8-9-21-36-27-13-6-3-10-24(27)31/h3-6,10-13,15-18H,1-2,7-9,14,19-21H2,(H,32,35). The third-order valence-electron chi connectivity index (χ3n) is 6.07. The second-order valence-electron chi connectivity index (χ2n) is 8.73. The van der Waals surface area contributed by atoms with E-state index < -0.39 is 0 Å². The zero-order valence-electron chi connectivity index (χ0n) is 20.3. The molecule has 1 heterocycles. The van der Waals surface area contributed by atoms with Crippen molar-refractivity contribution < 1.29 is 9.53 Å². The number of unbranched alkanes of at least 4 members (excludes halogenated alkanes) is 3. The van der Waals surface area contributed by atoms with Gasteiger partial charge in [0.1, 0.15) is 11.6 Å². The second-order valence-corrected chi connectivity index (χ2v) is 10.1. The van der Waals surface area contributed by atoms with Crippen LogP contribution in [-0.4, -0.2) is 28.6 Å². The van der Waals surface area contributed by atoms with Gasteiger partial charge in [-0.3, -0.25) is 4.79 Å². The maximum atomic E-state index is 12.2. The minimum Gasteiger partial charge on any atom is -0.492 e. The molecule has 1 amide bonds. The lowest BCUT2D eigenvalue weighted by molar-refractivity contribution is 0.0953. The molecule has 0 fully saturated rings. The van der Waals surface area contributed by atoms with Crippen molar-refractivity contribution >= 4 is 44.5 Å². The molecular formula is C29H31BrClN3O2. The van der Waals surface area contributed by atoms with Gasteiger partial charge in [-0.2, -0.15) is 0 Å². The van der Waals surface area contributed by atoms with E-state index in [1.807, 2.05) is 54.6 Å². The Morgan fingerprint density at radius 2 is 1.69 bits per heavy atom. The van der Waals surface area contributed by atoms with E-state index in [0.717, 1.165) is 66.6 Å². The van der Waals surface area contributed by atoms with Crippen LogP contribution in [0.15, 0.2) is 77.3 Å². The molecule has 1 aromatic heterocycles. The summed E-state index contributed by atoms with van der Waals surface area (Å²) in [5.41, 5.74) is 2.91. The number of hydrogen-bond donors (Lipinski definition) is 1. The Morgan fingerprint density at radius 3 is 2.53 bits per heavy atom. The topological polar surface area (TPSA) is 56.2 Å². The average Bonchev–Trinajstić information content (AvgIpc) is 3.24. The first-order valence-electron chi connectivity index (χ1n) is 12.5. The van der Waals surface area contributed by atoms with E-state index in [0.29, 0.717) is 23.7 Å². The van der Waals surface area contributed by atoms with Crippen LogP contribution in [0.4, 0.5) is 0 Å². The van der Waals surface area contributed by atoms with E-state index in [4.69, 9.17) is 21.3 Å². The summed E-state index contributed by atoms with van der Waals surface area (Å²) in [5, 5.41) is 3.66. The molecule has 0 aliphatic carbocycles. The van der Waals surface area contributed by atoms with Gasteiger partial charge in [-0.25, -0.2) is 4.98 Å². The highest BCUT2D eigenvalue weighted by Gasteiger charge is 2.10. The first-order valence-corrected chi connectivity index (χ1v) is 13.6. The monoisotopic (exact) mass is 567 g/mol. The lowest BCUT2D eigenvalue weighted by Crippen LogP contribution is -2.24. The van der Waals surface area contributed by atoms with Crippen LogP contribution in [0.2, 0.25) is 5.02 Å². The molecule has 36 heavy (non-hydrogen) atoms. The number of para-hydroxylation sites is 3. The van der Waals surface area contributed by atoms with Crippen LogP contribution >= 0.6 is 27.5 Å². The Bertz CT molecular complexity index is 1270. The number of fused-ring (bicyclic) bond motifs is 1. The van der Waals surface area contributed by atoms with Crippen molar-refractivity contribution in [2.75, 3.05) is 13.2 Å². The molecule has 0 radical (unpaired) electrons. The number of halogens is 2. The molecule has 3 aromatic carbocycles. The fourth-order valence-corrected chi connectivity index (χ4v) is 4.63. The van der Waals surface area contributed by atoms with Gasteiger partial charge in [0.05, 0.1) is 22.7 Å². The molecule has 0 saturated heterocycles. The van der Waals surface area contributed by atoms with Crippen LogP contribution in [0, 0.1) is 0 Å². The first-order chi connectivity index (χ1) is 17.6. The molecule has 188 valence electrons. The summed E-state index contributed by atoms with van der Waals surface area (Å²) in [6, 6.07) is 23.3. The van der Waals surface area contributed by atoms with Gasteiger partial charge in [0.2, 0.25) is 0 Å². The highest BCUT2D eigenvalue weighted by Crippen LogP contribution is 2.23. The quantitative estimate of drug-likeness (QED) is 0.170. The van der Waals surface area contributed by atoms with E-state index in [9.17, 15) is 4.79 Å². The Labute approximate surface area is 226 Å². The Hall–Kier alpha value is -2.83. The van der Waals surface area contributed by atoms with Gasteiger partial charge in [-0.1, -0.05) is 58.2 Å². The molecular weight excluding hydrogens is 538 g/mol. The number of nitrogens with one attached hydrogen (secondary N) is 1. The third-order valence-corrected chi connectivity index (χ3v) is 6.91. The molecule has 4 rings (SSSR count). The smallest absolute Gasteiger partial charge is 0.251 e. The van der Waals surface area contributed by atoms with Gasteiger partial charge in [-0.15, -0.1) is 0 Å². The van der Waals surface area contributed by atoms with Crippen LogP contribution < -0.4 is 10.1 Å². The van der Waals surface area contributed by atoms with Crippen LogP contribution in [0.5, 0.6) is 5.75 Å². The Kier molecular flexibility index (Phi) is 9.82. The zero-order chi connectivity index (χ0) is 25.2. The lowest BCUT2D eigenvalue weighted by atomic mass is 10.1. The zero-order valence-corrected chi connectivity index (χ0v) is 22.6. The predicted molar refractivity (Wildman–Crippen MR) is 150 cm³/mol. The average molecular weight is 569 g/mol. The number of nitrogens with zero attached hydrogens (tertiary/aromatic N) is 2. The molecule has 4 aromatic rings. The number of rotatable bonds is 13. The fraction of sp³-hybridized carbons (Fsp3) is 0.310. The van der Waals surface area contributed by atoms with Crippen molar-refractivity contribution in [3.05, 3.63) is 93.7 Å². The molecule has 0 atom stereocenters. The lowest BCUT2D eigenvalue weighted by Gasteiger charge is -2.11. The van der Waals surface area contributed by atoms with E-state index >= 15 is 0 Å². The number of ether oxygens (including phenoxy) is 1. The summed E-state index contributed by atoms with van der Waals surface area (Å²) < 4.78 is 9.15. The maximum absolute atomic E-state index is 12.2. The molecule has 5 nitrogen and oxygen atoms in total. The van der Waals surface area contributed by atoms with Gasteiger partial charge in [0.15, 0.2) is 0 Å². The molecule has 0 aliphatic heterocycles. The summed E-state index contributed by atoms with van der Waals surface area (Å²) in [5.74, 6) is 1.84. The summed E-state index contributed by atoms with van der Waals surface area (Å²) >= 11 is 9.57. The molecule has 0 unspecified atom stereocenters. The summed E-state index contributed by atoms with van der Waals surface area (Å²) in [7, 11) is 0. The molecule has 0 bridgehead atoms. The maximum Gasteiger partial charge on any atom is 0.251 e. The Balaban J connectivity index is 1.22. The van der Waals surface area contributed by atoms with Gasteiger partial charge in [0.25, 0.3) is 5.91 Å². The normalized spacial score (nSPS) is 11.1. The third kappa shape index (κ3) is 7.34. The molecule has 0 spiro atoms. The van der Waals surface area contributed by atoms with Gasteiger partial charge in [0, 0.05) is 29.5 Å². The van der Waals surface area contributed by atoms with Crippen molar-refractivity contribution in [2.24, 2.45) is 0 Å². The van der Waals surface area contributed by atoms with Gasteiger partial charge in [-0.05, 0) is 74.2 Å². The molecule has 7 heteroatoms. The minimum absolute atomic E-state index is 0.0252. The molecule has 0 aliphatic rings. The Morgan fingerprint density at radius 1 is 0.917 bits per heavy atom. The van der Waals surface area contributed by atoms with Crippen molar-refractivity contribution in [3.8, 4) is 5.75 Å². The van der Waals surface area contributed by atoms with Crippen LogP contribution in [-0.2, 0) is 13.0 Å². The summed E-state index contributed by atoms with van der Waals surface area (Å²) in [6.07, 6.45) is 5.88. The first kappa shape index (κ1) is 26.2. The number of aromatic nitrogens is 2. The number of carbonyl (C=O) groups is 1. The SMILES string of the molecule is O=C(NCCCCCc1nc2ccccc2n1CCCCOc1ccccc1Cl)c1ccc(Br)cc1. The highest BCUT2D eigenvalue weighted by molar-refractivity contribution is 9.10.